The van der Waals surface area contributed by atoms with Crippen LogP contribution in [-0.4, -0.2) is 47.1 Å². The largest absolute Gasteiger partial charge is 0.444 e. The number of hydrogen-bond donors (Lipinski definition) is 2. The zero-order valence-electron chi connectivity index (χ0n) is 14.3. The van der Waals surface area contributed by atoms with Crippen molar-refractivity contribution in [2.45, 2.75) is 64.5 Å². The van der Waals surface area contributed by atoms with Crippen molar-refractivity contribution < 1.29 is 28.8 Å². The molecule has 9 nitrogen and oxygen atoms in total. The summed E-state index contributed by atoms with van der Waals surface area (Å²) in [5.41, 5.74) is 5.12. The van der Waals surface area contributed by atoms with E-state index < -0.39 is 35.5 Å². The molecule has 9 heteroatoms. The summed E-state index contributed by atoms with van der Waals surface area (Å²) in [6, 6.07) is -0.937. The number of alkyl carbamates (subject to hydrolysis) is 1. The number of nitrogens with one attached hydrogen (secondary N) is 1. The quantitative estimate of drug-likeness (QED) is 0.512. The maximum atomic E-state index is 11.7. The molecule has 1 unspecified atom stereocenters. The topological polar surface area (TPSA) is 128 Å². The number of rotatable bonds is 7. The van der Waals surface area contributed by atoms with E-state index in [4.69, 9.17) is 15.3 Å². The first-order valence-corrected chi connectivity index (χ1v) is 7.90. The minimum atomic E-state index is -0.937. The van der Waals surface area contributed by atoms with Crippen molar-refractivity contribution in [3.63, 3.8) is 0 Å². The van der Waals surface area contributed by atoms with E-state index in [-0.39, 0.29) is 12.8 Å². The van der Waals surface area contributed by atoms with Crippen molar-refractivity contribution in [2.75, 3.05) is 6.54 Å². The highest BCUT2D eigenvalue weighted by Gasteiger charge is 2.34. The van der Waals surface area contributed by atoms with Crippen LogP contribution in [0, 0.1) is 0 Å². The Morgan fingerprint density at radius 3 is 2.33 bits per heavy atom. The Morgan fingerprint density at radius 1 is 1.21 bits per heavy atom. The van der Waals surface area contributed by atoms with Crippen LogP contribution in [0.15, 0.2) is 0 Å². The summed E-state index contributed by atoms with van der Waals surface area (Å²) >= 11 is 0. The average Bonchev–Trinajstić information content (AvgIpc) is 2.76. The Bertz CT molecular complexity index is 484. The molecule has 1 rings (SSSR count). The van der Waals surface area contributed by atoms with Crippen LogP contribution < -0.4 is 11.1 Å². The predicted molar refractivity (Wildman–Crippen MR) is 83.2 cm³/mol. The Labute approximate surface area is 140 Å². The number of ether oxygens (including phenoxy) is 1. The van der Waals surface area contributed by atoms with Gasteiger partial charge in [0.25, 0.3) is 11.8 Å². The monoisotopic (exact) mass is 343 g/mol. The minimum Gasteiger partial charge on any atom is -0.444 e. The molecule has 1 saturated heterocycles. The van der Waals surface area contributed by atoms with Gasteiger partial charge >= 0.3 is 12.1 Å². The molecule has 0 spiro atoms. The van der Waals surface area contributed by atoms with Crippen LogP contribution >= 0.6 is 0 Å². The Morgan fingerprint density at radius 2 is 1.79 bits per heavy atom. The highest BCUT2D eigenvalue weighted by molar-refractivity contribution is 6.01. The number of carbonyl (C=O) groups is 4. The normalized spacial score (nSPS) is 16.1. The van der Waals surface area contributed by atoms with Gasteiger partial charge in [-0.25, -0.2) is 9.59 Å². The summed E-state index contributed by atoms with van der Waals surface area (Å²) in [6.45, 7) is 5.70. The molecule has 1 aliphatic rings. The second-order valence-electron chi connectivity index (χ2n) is 6.52. The van der Waals surface area contributed by atoms with Crippen molar-refractivity contribution in [3.8, 4) is 0 Å². The molecule has 0 radical (unpaired) electrons. The van der Waals surface area contributed by atoms with Gasteiger partial charge in [0.15, 0.2) is 0 Å². The Hall–Kier alpha value is -2.16. The van der Waals surface area contributed by atoms with Crippen LogP contribution in [0.1, 0.15) is 52.9 Å². The molecule has 3 amide bonds. The highest BCUT2D eigenvalue weighted by Crippen LogP contribution is 2.13. The van der Waals surface area contributed by atoms with Gasteiger partial charge in [0.2, 0.25) is 0 Å². The maximum absolute atomic E-state index is 11.7. The van der Waals surface area contributed by atoms with Gasteiger partial charge in [0, 0.05) is 19.4 Å². The van der Waals surface area contributed by atoms with Crippen LogP contribution in [0.25, 0.3) is 0 Å². The van der Waals surface area contributed by atoms with Crippen LogP contribution in [-0.2, 0) is 24.0 Å². The molecule has 1 fully saturated rings. The third-order valence-corrected chi connectivity index (χ3v) is 3.10. The van der Waals surface area contributed by atoms with E-state index in [0.717, 1.165) is 0 Å². The summed E-state index contributed by atoms with van der Waals surface area (Å²) in [7, 11) is 0. The van der Waals surface area contributed by atoms with Crippen molar-refractivity contribution in [1.82, 2.24) is 10.4 Å². The van der Waals surface area contributed by atoms with Crippen molar-refractivity contribution in [2.24, 2.45) is 5.73 Å². The fourth-order valence-corrected chi connectivity index (χ4v) is 1.93. The molecule has 3 N–H and O–H groups in total. The molecule has 0 saturated carbocycles. The third kappa shape index (κ3) is 6.95. The van der Waals surface area contributed by atoms with Crippen LogP contribution in [0.5, 0.6) is 0 Å². The van der Waals surface area contributed by atoms with Gasteiger partial charge in [-0.05, 0) is 40.0 Å². The van der Waals surface area contributed by atoms with Gasteiger partial charge in [-0.15, -0.1) is 5.06 Å². The lowest BCUT2D eigenvalue weighted by molar-refractivity contribution is -0.198. The first-order valence-electron chi connectivity index (χ1n) is 7.90. The molecule has 0 bridgehead atoms. The van der Waals surface area contributed by atoms with Crippen molar-refractivity contribution in [1.29, 1.82) is 0 Å². The summed E-state index contributed by atoms with van der Waals surface area (Å²) in [5, 5.41) is 3.08. The molecule has 0 aromatic rings. The first-order chi connectivity index (χ1) is 11.1. The van der Waals surface area contributed by atoms with Crippen LogP contribution in [0.2, 0.25) is 0 Å². The van der Waals surface area contributed by atoms with E-state index in [1.165, 1.54) is 0 Å². The standard InChI is InChI=1S/C15H25N3O6/c1-15(2,3)23-14(22)17-9-5-4-6-10(16)13(21)24-18-11(19)7-8-12(18)20/h10H,4-9,16H2,1-3H3,(H,17,22). The third-order valence-electron chi connectivity index (χ3n) is 3.10. The highest BCUT2D eigenvalue weighted by atomic mass is 16.7. The van der Waals surface area contributed by atoms with Gasteiger partial charge in [-0.1, -0.05) is 0 Å². The summed E-state index contributed by atoms with van der Waals surface area (Å²) in [4.78, 5) is 50.6. The molecule has 1 aliphatic heterocycles. The van der Waals surface area contributed by atoms with E-state index in [1.54, 1.807) is 20.8 Å². The number of amides is 3. The van der Waals surface area contributed by atoms with E-state index in [1.807, 2.05) is 0 Å². The summed E-state index contributed by atoms with van der Waals surface area (Å²) < 4.78 is 5.08. The average molecular weight is 343 g/mol. The van der Waals surface area contributed by atoms with Gasteiger partial charge in [0.05, 0.1) is 0 Å². The molecule has 0 aromatic carbocycles. The van der Waals surface area contributed by atoms with E-state index in [9.17, 15) is 19.2 Å². The maximum Gasteiger partial charge on any atom is 0.407 e. The van der Waals surface area contributed by atoms with Gasteiger partial charge in [-0.3, -0.25) is 9.59 Å². The molecular weight excluding hydrogens is 318 g/mol. The van der Waals surface area contributed by atoms with E-state index in [0.29, 0.717) is 30.9 Å². The zero-order valence-corrected chi connectivity index (χ0v) is 14.3. The van der Waals surface area contributed by atoms with Gasteiger partial charge in [0.1, 0.15) is 11.6 Å². The first kappa shape index (κ1) is 19.9. The Balaban J connectivity index is 2.18. The zero-order chi connectivity index (χ0) is 18.3. The lowest BCUT2D eigenvalue weighted by Crippen LogP contribution is -2.40. The number of nitrogens with zero attached hydrogens (tertiary/aromatic N) is 1. The second kappa shape index (κ2) is 8.62. The number of imide groups is 1. The molecular formula is C15H25N3O6. The Kier molecular flexibility index (Phi) is 7.15. The summed E-state index contributed by atoms with van der Waals surface area (Å²) in [5.74, 6) is -1.90. The molecule has 1 heterocycles. The number of nitrogens with two attached hydrogens (primary N) is 1. The number of unbranched alkanes of at least 4 members (excludes halogenated alkanes) is 1. The molecule has 136 valence electrons. The van der Waals surface area contributed by atoms with Crippen LogP contribution in [0.4, 0.5) is 4.79 Å². The second-order valence-corrected chi connectivity index (χ2v) is 6.52. The molecule has 1 atom stereocenters. The van der Waals surface area contributed by atoms with Crippen molar-refractivity contribution in [3.05, 3.63) is 0 Å². The van der Waals surface area contributed by atoms with Gasteiger partial charge < -0.3 is 20.6 Å². The SMILES string of the molecule is CC(C)(C)OC(=O)NCCCCC(N)C(=O)ON1C(=O)CCC1=O. The lowest BCUT2D eigenvalue weighted by Gasteiger charge is -2.19. The molecule has 24 heavy (non-hydrogen) atoms. The molecule has 0 aliphatic carbocycles. The number of hydroxylamine groups is 2. The lowest BCUT2D eigenvalue weighted by atomic mass is 10.1. The van der Waals surface area contributed by atoms with Gasteiger partial charge in [-0.2, -0.15) is 0 Å². The van der Waals surface area contributed by atoms with E-state index >= 15 is 0 Å². The smallest absolute Gasteiger partial charge is 0.407 e. The van der Waals surface area contributed by atoms with Crippen molar-refractivity contribution >= 4 is 23.9 Å². The fourth-order valence-electron chi connectivity index (χ4n) is 1.93. The number of hydrogen-bond acceptors (Lipinski definition) is 7. The molecule has 0 aromatic heterocycles. The minimum absolute atomic E-state index is 0.0394. The fraction of sp³-hybridized carbons (Fsp3) is 0.733. The van der Waals surface area contributed by atoms with E-state index in [2.05, 4.69) is 5.32 Å². The summed E-state index contributed by atoms with van der Waals surface area (Å²) in [6.07, 6.45) is 1.05. The van der Waals surface area contributed by atoms with Crippen LogP contribution in [0.3, 0.4) is 0 Å². The number of carbonyl (C=O) groups excluding carboxylic acids is 4. The predicted octanol–water partition coefficient (Wildman–Crippen LogP) is 0.616.